The second-order valence-electron chi connectivity index (χ2n) is 5.34. The third-order valence-electron chi connectivity index (χ3n) is 3.62. The van der Waals surface area contributed by atoms with Crippen LogP contribution in [0.4, 0.5) is 0 Å². The lowest BCUT2D eigenvalue weighted by atomic mass is 10.3. The second kappa shape index (κ2) is 8.99. The van der Waals surface area contributed by atoms with Gasteiger partial charge in [0.2, 0.25) is 11.8 Å². The Balaban J connectivity index is 1.61. The molecular formula is C16H20Cl2N2O3. The van der Waals surface area contributed by atoms with E-state index >= 15 is 0 Å². The molecule has 1 aromatic carbocycles. The number of likely N-dealkylation sites (tertiary alicyclic amines) is 1. The fourth-order valence-electron chi connectivity index (χ4n) is 2.37. The van der Waals surface area contributed by atoms with E-state index in [1.165, 1.54) is 0 Å². The number of nitrogens with one attached hydrogen (secondary N) is 1. The van der Waals surface area contributed by atoms with Gasteiger partial charge >= 0.3 is 0 Å². The Bertz CT molecular complexity index is 560. The average molecular weight is 359 g/mol. The highest BCUT2D eigenvalue weighted by Crippen LogP contribution is 2.31. The van der Waals surface area contributed by atoms with Gasteiger partial charge in [0.1, 0.15) is 10.8 Å². The van der Waals surface area contributed by atoms with E-state index < -0.39 is 0 Å². The van der Waals surface area contributed by atoms with Crippen molar-refractivity contribution in [1.82, 2.24) is 10.2 Å². The molecule has 0 radical (unpaired) electrons. The first-order chi connectivity index (χ1) is 11.1. The van der Waals surface area contributed by atoms with Gasteiger partial charge in [0.15, 0.2) is 0 Å². The Labute approximate surface area is 145 Å². The number of rotatable bonds is 7. The van der Waals surface area contributed by atoms with Gasteiger partial charge in [-0.05, 0) is 25.0 Å². The summed E-state index contributed by atoms with van der Waals surface area (Å²) in [5, 5.41) is 3.47. The maximum absolute atomic E-state index is 11.8. The number of carbonyl (C=O) groups excluding carboxylic acids is 2. The van der Waals surface area contributed by atoms with E-state index in [4.69, 9.17) is 27.9 Å². The Kier molecular flexibility index (Phi) is 6.99. The van der Waals surface area contributed by atoms with Gasteiger partial charge in [0.05, 0.1) is 18.1 Å². The van der Waals surface area contributed by atoms with E-state index in [0.29, 0.717) is 28.8 Å². The molecule has 0 unspecified atom stereocenters. The smallest absolute Gasteiger partial charge is 0.224 e. The number of hydrogen-bond acceptors (Lipinski definition) is 3. The van der Waals surface area contributed by atoms with Crippen LogP contribution >= 0.6 is 23.2 Å². The average Bonchev–Trinajstić information content (AvgIpc) is 3.06. The molecule has 1 fully saturated rings. The highest BCUT2D eigenvalue weighted by molar-refractivity contribution is 6.42. The van der Waals surface area contributed by atoms with Crippen molar-refractivity contribution in [2.45, 2.75) is 25.7 Å². The third kappa shape index (κ3) is 5.59. The molecule has 2 rings (SSSR count). The maximum atomic E-state index is 11.8. The molecule has 23 heavy (non-hydrogen) atoms. The molecule has 1 aliphatic rings. The van der Waals surface area contributed by atoms with Crippen LogP contribution in [-0.2, 0) is 9.59 Å². The number of hydrogen-bond donors (Lipinski definition) is 1. The van der Waals surface area contributed by atoms with Crippen LogP contribution in [0.25, 0.3) is 0 Å². The van der Waals surface area contributed by atoms with E-state index in [0.717, 1.165) is 25.9 Å². The van der Waals surface area contributed by atoms with Crippen molar-refractivity contribution in [3.8, 4) is 5.75 Å². The van der Waals surface area contributed by atoms with E-state index in [9.17, 15) is 9.59 Å². The first kappa shape index (κ1) is 17.9. The molecule has 0 bridgehead atoms. The van der Waals surface area contributed by atoms with Crippen LogP contribution in [0.2, 0.25) is 10.0 Å². The zero-order valence-electron chi connectivity index (χ0n) is 12.8. The summed E-state index contributed by atoms with van der Waals surface area (Å²) in [6.45, 7) is 2.22. The minimum Gasteiger partial charge on any atom is -0.491 e. The largest absolute Gasteiger partial charge is 0.491 e. The van der Waals surface area contributed by atoms with Crippen molar-refractivity contribution in [2.75, 3.05) is 26.2 Å². The van der Waals surface area contributed by atoms with Gasteiger partial charge in [0.25, 0.3) is 0 Å². The zero-order valence-corrected chi connectivity index (χ0v) is 14.3. The molecule has 1 aliphatic heterocycles. The number of carbonyl (C=O) groups is 2. The summed E-state index contributed by atoms with van der Waals surface area (Å²) >= 11 is 11.9. The molecule has 0 aromatic heterocycles. The van der Waals surface area contributed by atoms with Crippen LogP contribution in [-0.4, -0.2) is 43.0 Å². The van der Waals surface area contributed by atoms with Gasteiger partial charge in [-0.3, -0.25) is 9.59 Å². The quantitative estimate of drug-likeness (QED) is 0.815. The zero-order chi connectivity index (χ0) is 16.7. The number of ether oxygens (including phenoxy) is 1. The minimum absolute atomic E-state index is 0.102. The van der Waals surface area contributed by atoms with Gasteiger partial charge in [-0.1, -0.05) is 29.3 Å². The predicted molar refractivity (Wildman–Crippen MR) is 90.0 cm³/mol. The number of amides is 2. The summed E-state index contributed by atoms with van der Waals surface area (Å²) in [5.74, 6) is 0.401. The van der Waals surface area contributed by atoms with Crippen LogP contribution in [0.15, 0.2) is 18.2 Å². The molecule has 0 atom stereocenters. The van der Waals surface area contributed by atoms with Crippen LogP contribution in [0.5, 0.6) is 5.75 Å². The molecule has 5 nitrogen and oxygen atoms in total. The lowest BCUT2D eigenvalue weighted by Crippen LogP contribution is -2.33. The van der Waals surface area contributed by atoms with Gasteiger partial charge in [0, 0.05) is 26.1 Å². The highest BCUT2D eigenvalue weighted by atomic mass is 35.5. The SMILES string of the molecule is O=C(CCOc1cccc(Cl)c1Cl)NCCC(=O)N1CCCC1. The molecule has 126 valence electrons. The summed E-state index contributed by atoms with van der Waals surface area (Å²) in [7, 11) is 0. The first-order valence-electron chi connectivity index (χ1n) is 7.69. The van der Waals surface area contributed by atoms with E-state index in [1.807, 2.05) is 4.90 Å². The molecule has 1 saturated heterocycles. The molecule has 0 saturated carbocycles. The van der Waals surface area contributed by atoms with Gasteiger partial charge in [-0.15, -0.1) is 0 Å². The molecule has 0 spiro atoms. The molecule has 0 aliphatic carbocycles. The standard InChI is InChI=1S/C16H20Cl2N2O3/c17-12-4-3-5-13(16(12)18)23-11-7-14(21)19-8-6-15(22)20-9-1-2-10-20/h3-5H,1-2,6-11H2,(H,19,21). The first-order valence-corrected chi connectivity index (χ1v) is 8.45. The van der Waals surface area contributed by atoms with Crippen LogP contribution < -0.4 is 10.1 Å². The maximum Gasteiger partial charge on any atom is 0.224 e. The Morgan fingerprint density at radius 3 is 2.65 bits per heavy atom. The second-order valence-corrected chi connectivity index (χ2v) is 6.12. The summed E-state index contributed by atoms with van der Waals surface area (Å²) in [6, 6.07) is 5.09. The molecule has 2 amide bonds. The Morgan fingerprint density at radius 2 is 1.91 bits per heavy atom. The molecule has 1 aromatic rings. The topological polar surface area (TPSA) is 58.6 Å². The van der Waals surface area contributed by atoms with Gasteiger partial charge in [-0.25, -0.2) is 0 Å². The summed E-state index contributed by atoms with van der Waals surface area (Å²) in [6.07, 6.45) is 2.68. The fraction of sp³-hybridized carbons (Fsp3) is 0.500. The highest BCUT2D eigenvalue weighted by Gasteiger charge is 2.17. The fourth-order valence-corrected chi connectivity index (χ4v) is 2.72. The van der Waals surface area contributed by atoms with Crippen molar-refractivity contribution in [1.29, 1.82) is 0 Å². The van der Waals surface area contributed by atoms with Gasteiger partial charge < -0.3 is 15.0 Å². The molecular weight excluding hydrogens is 339 g/mol. The molecule has 1 N–H and O–H groups in total. The number of halogens is 2. The lowest BCUT2D eigenvalue weighted by Gasteiger charge is -2.15. The van der Waals surface area contributed by atoms with Gasteiger partial charge in [-0.2, -0.15) is 0 Å². The van der Waals surface area contributed by atoms with Crippen molar-refractivity contribution in [2.24, 2.45) is 0 Å². The number of nitrogens with zero attached hydrogens (tertiary/aromatic N) is 1. The Morgan fingerprint density at radius 1 is 1.17 bits per heavy atom. The van der Waals surface area contributed by atoms with E-state index in [-0.39, 0.29) is 24.8 Å². The molecule has 1 heterocycles. The Hall–Kier alpha value is -1.46. The summed E-state index contributed by atoms with van der Waals surface area (Å²) in [5.41, 5.74) is 0. The van der Waals surface area contributed by atoms with Crippen LogP contribution in [0.1, 0.15) is 25.7 Å². The lowest BCUT2D eigenvalue weighted by molar-refractivity contribution is -0.130. The minimum atomic E-state index is -0.155. The van der Waals surface area contributed by atoms with Crippen molar-refractivity contribution in [3.63, 3.8) is 0 Å². The number of benzene rings is 1. The van der Waals surface area contributed by atoms with Crippen molar-refractivity contribution in [3.05, 3.63) is 28.2 Å². The molecule has 7 heteroatoms. The predicted octanol–water partition coefficient (Wildman–Crippen LogP) is 2.89. The third-order valence-corrected chi connectivity index (χ3v) is 4.42. The van der Waals surface area contributed by atoms with Crippen molar-refractivity contribution < 1.29 is 14.3 Å². The summed E-state index contributed by atoms with van der Waals surface area (Å²) < 4.78 is 5.44. The summed E-state index contributed by atoms with van der Waals surface area (Å²) in [4.78, 5) is 25.4. The van der Waals surface area contributed by atoms with E-state index in [1.54, 1.807) is 18.2 Å². The van der Waals surface area contributed by atoms with Crippen LogP contribution in [0, 0.1) is 0 Å². The van der Waals surface area contributed by atoms with Crippen LogP contribution in [0.3, 0.4) is 0 Å². The monoisotopic (exact) mass is 358 g/mol. The normalized spacial score (nSPS) is 13.9. The van der Waals surface area contributed by atoms with E-state index in [2.05, 4.69) is 5.32 Å². The van der Waals surface area contributed by atoms with Crippen molar-refractivity contribution >= 4 is 35.0 Å².